The van der Waals surface area contributed by atoms with Gasteiger partial charge in [-0.15, -0.1) is 0 Å². The van der Waals surface area contributed by atoms with Gasteiger partial charge in [-0.3, -0.25) is 4.90 Å². The number of nitrogens with zero attached hydrogens (tertiary/aromatic N) is 1. The first kappa shape index (κ1) is 14.3. The smallest absolute Gasteiger partial charge is 0.142 e. The van der Waals surface area contributed by atoms with E-state index in [2.05, 4.69) is 17.1 Å². The Hall–Kier alpha value is -0.640. The van der Waals surface area contributed by atoms with Crippen LogP contribution in [0.2, 0.25) is 5.02 Å². The lowest BCUT2D eigenvalue weighted by atomic mass is 9.97. The topological polar surface area (TPSA) is 15.3 Å². The lowest BCUT2D eigenvalue weighted by Gasteiger charge is -2.37. The van der Waals surface area contributed by atoms with E-state index in [-0.39, 0.29) is 10.8 Å². The van der Waals surface area contributed by atoms with Gasteiger partial charge in [0, 0.05) is 24.7 Å². The Morgan fingerprint density at radius 3 is 2.65 bits per heavy atom. The number of nitrogens with one attached hydrogen (secondary N) is 1. The summed E-state index contributed by atoms with van der Waals surface area (Å²) in [6, 6.07) is 7.05. The van der Waals surface area contributed by atoms with Gasteiger partial charge in [0.2, 0.25) is 0 Å². The van der Waals surface area contributed by atoms with E-state index in [4.69, 9.17) is 11.6 Å². The van der Waals surface area contributed by atoms with Gasteiger partial charge in [0.15, 0.2) is 0 Å². The van der Waals surface area contributed by atoms with Crippen molar-refractivity contribution in [1.29, 1.82) is 0 Å². The van der Waals surface area contributed by atoms with Crippen molar-refractivity contribution in [3.05, 3.63) is 34.6 Å². The summed E-state index contributed by atoms with van der Waals surface area (Å²) in [5.74, 6) is -0.314. The highest BCUT2D eigenvalue weighted by Crippen LogP contribution is 2.31. The lowest BCUT2D eigenvalue weighted by Crippen LogP contribution is -2.47. The van der Waals surface area contributed by atoms with Gasteiger partial charge in [0.1, 0.15) is 5.82 Å². The second kappa shape index (κ2) is 6.00. The number of halogens is 2. The maximum absolute atomic E-state index is 13.5. The quantitative estimate of drug-likeness (QED) is 0.913. The van der Waals surface area contributed by atoms with Crippen LogP contribution in [0.4, 0.5) is 4.39 Å². The van der Waals surface area contributed by atoms with E-state index in [9.17, 15) is 4.39 Å². The van der Waals surface area contributed by atoms with E-state index in [1.54, 1.807) is 6.07 Å². The Bertz CT molecular complexity index is 468. The second-order valence-electron chi connectivity index (χ2n) is 6.04. The minimum absolute atomic E-state index is 0.280. The van der Waals surface area contributed by atoms with Crippen LogP contribution < -0.4 is 5.32 Å². The van der Waals surface area contributed by atoms with E-state index in [1.165, 1.54) is 31.7 Å². The van der Waals surface area contributed by atoms with Crippen molar-refractivity contribution in [2.45, 2.75) is 57.3 Å². The number of piperidine rings is 1. The van der Waals surface area contributed by atoms with E-state index < -0.39 is 0 Å². The first-order valence-corrected chi connectivity index (χ1v) is 7.98. The van der Waals surface area contributed by atoms with Crippen molar-refractivity contribution in [1.82, 2.24) is 10.2 Å². The molecule has 2 fully saturated rings. The minimum Gasteiger partial charge on any atom is -0.311 e. The summed E-state index contributed by atoms with van der Waals surface area (Å²) >= 11 is 6.09. The molecule has 2 aliphatic heterocycles. The van der Waals surface area contributed by atoms with Crippen LogP contribution in [-0.2, 0) is 6.54 Å². The average Bonchev–Trinajstić information content (AvgIpc) is 2.79. The first-order chi connectivity index (χ1) is 9.67. The first-order valence-electron chi connectivity index (χ1n) is 7.60. The highest BCUT2D eigenvalue weighted by molar-refractivity contribution is 6.31. The van der Waals surface area contributed by atoms with Gasteiger partial charge in [0.25, 0.3) is 0 Å². The van der Waals surface area contributed by atoms with Crippen LogP contribution in [0, 0.1) is 5.82 Å². The number of rotatable bonds is 4. The molecule has 0 radical (unpaired) electrons. The summed E-state index contributed by atoms with van der Waals surface area (Å²) in [5, 5.41) is 3.95. The molecular formula is C16H22ClFN2. The third-order valence-corrected chi connectivity index (χ3v) is 5.20. The van der Waals surface area contributed by atoms with Crippen molar-refractivity contribution in [3.8, 4) is 0 Å². The zero-order chi connectivity index (χ0) is 14.1. The third-order valence-electron chi connectivity index (χ3n) is 4.78. The molecule has 2 nitrogen and oxygen atoms in total. The summed E-state index contributed by atoms with van der Waals surface area (Å²) in [6.07, 6.45) is 5.02. The van der Waals surface area contributed by atoms with Crippen LogP contribution in [0.25, 0.3) is 0 Å². The zero-order valence-corrected chi connectivity index (χ0v) is 12.7. The van der Waals surface area contributed by atoms with Crippen LogP contribution in [-0.4, -0.2) is 29.6 Å². The molecule has 0 aromatic heterocycles. The highest BCUT2D eigenvalue weighted by atomic mass is 35.5. The summed E-state index contributed by atoms with van der Waals surface area (Å²) < 4.78 is 13.5. The van der Waals surface area contributed by atoms with E-state index in [0.717, 1.165) is 18.7 Å². The number of hydrogen-bond donors (Lipinski definition) is 1. The average molecular weight is 297 g/mol. The fourth-order valence-electron chi connectivity index (χ4n) is 3.71. The highest BCUT2D eigenvalue weighted by Gasteiger charge is 2.35. The molecule has 20 heavy (non-hydrogen) atoms. The molecule has 1 N–H and O–H groups in total. The molecule has 2 atom stereocenters. The Balaban J connectivity index is 1.72. The molecule has 110 valence electrons. The molecule has 2 heterocycles. The largest absolute Gasteiger partial charge is 0.311 e. The van der Waals surface area contributed by atoms with Gasteiger partial charge in [-0.1, -0.05) is 30.7 Å². The molecule has 4 heteroatoms. The molecule has 2 aliphatic rings. The Labute approximate surface area is 125 Å². The minimum atomic E-state index is -0.314. The zero-order valence-electron chi connectivity index (χ0n) is 11.9. The van der Waals surface area contributed by atoms with Gasteiger partial charge in [0.05, 0.1) is 5.02 Å². The van der Waals surface area contributed by atoms with Crippen molar-refractivity contribution < 1.29 is 4.39 Å². The Kier molecular flexibility index (Phi) is 4.29. The van der Waals surface area contributed by atoms with E-state index in [0.29, 0.717) is 18.1 Å². The summed E-state index contributed by atoms with van der Waals surface area (Å²) in [6.45, 7) is 3.91. The predicted octanol–water partition coefficient (Wildman–Crippen LogP) is 3.58. The third kappa shape index (κ3) is 2.85. The Morgan fingerprint density at radius 1 is 1.30 bits per heavy atom. The van der Waals surface area contributed by atoms with Gasteiger partial charge in [-0.25, -0.2) is 4.39 Å². The maximum Gasteiger partial charge on any atom is 0.142 e. The molecular weight excluding hydrogens is 275 g/mol. The molecule has 2 unspecified atom stereocenters. The molecule has 1 aromatic rings. The molecule has 0 aliphatic carbocycles. The molecule has 0 saturated carbocycles. The SMILES string of the molecule is CCN(Cc1cccc(F)c1Cl)C1CC2CCC(C1)N2. The van der Waals surface area contributed by atoms with Gasteiger partial charge in [-0.2, -0.15) is 0 Å². The molecule has 1 aromatic carbocycles. The van der Waals surface area contributed by atoms with Crippen LogP contribution in [0.5, 0.6) is 0 Å². The van der Waals surface area contributed by atoms with Crippen molar-refractivity contribution in [2.24, 2.45) is 0 Å². The summed E-state index contributed by atoms with van der Waals surface area (Å²) in [7, 11) is 0. The number of hydrogen-bond acceptors (Lipinski definition) is 2. The van der Waals surface area contributed by atoms with Gasteiger partial charge >= 0.3 is 0 Å². The number of benzene rings is 1. The van der Waals surface area contributed by atoms with Crippen LogP contribution in [0.3, 0.4) is 0 Å². The molecule has 3 rings (SSSR count). The summed E-state index contributed by atoms with van der Waals surface area (Å²) in [4.78, 5) is 2.45. The Morgan fingerprint density at radius 2 is 2.00 bits per heavy atom. The van der Waals surface area contributed by atoms with Gasteiger partial charge < -0.3 is 5.32 Å². The van der Waals surface area contributed by atoms with Crippen LogP contribution >= 0.6 is 11.6 Å². The number of fused-ring (bicyclic) bond motifs is 2. The van der Waals surface area contributed by atoms with Crippen molar-refractivity contribution in [2.75, 3.05) is 6.54 Å². The maximum atomic E-state index is 13.5. The van der Waals surface area contributed by atoms with E-state index >= 15 is 0 Å². The predicted molar refractivity (Wildman–Crippen MR) is 80.5 cm³/mol. The molecule has 0 spiro atoms. The fraction of sp³-hybridized carbons (Fsp3) is 0.625. The molecule has 0 amide bonds. The monoisotopic (exact) mass is 296 g/mol. The second-order valence-corrected chi connectivity index (χ2v) is 6.42. The molecule has 2 saturated heterocycles. The van der Waals surface area contributed by atoms with Crippen LogP contribution in [0.1, 0.15) is 38.2 Å². The molecule has 2 bridgehead atoms. The standard InChI is InChI=1S/C16H22ClFN2/c1-2-20(10-11-4-3-5-15(18)16(11)17)14-8-12-6-7-13(9-14)19-12/h3-5,12-14,19H,2,6-10H2,1H3. The van der Waals surface area contributed by atoms with Gasteiger partial charge in [-0.05, 0) is 43.9 Å². The van der Waals surface area contributed by atoms with Crippen molar-refractivity contribution >= 4 is 11.6 Å². The van der Waals surface area contributed by atoms with Crippen molar-refractivity contribution in [3.63, 3.8) is 0 Å². The lowest BCUT2D eigenvalue weighted by molar-refractivity contribution is 0.140. The van der Waals surface area contributed by atoms with E-state index in [1.807, 2.05) is 6.07 Å². The fourth-order valence-corrected chi connectivity index (χ4v) is 3.90. The normalized spacial score (nSPS) is 29.1. The summed E-state index contributed by atoms with van der Waals surface area (Å²) in [5.41, 5.74) is 0.902. The van der Waals surface area contributed by atoms with Crippen LogP contribution in [0.15, 0.2) is 18.2 Å².